The smallest absolute Gasteiger partial charge is 0.335 e. The number of carbonyl (C=O) groups is 1. The third-order valence-corrected chi connectivity index (χ3v) is 3.74. The fourth-order valence-corrected chi connectivity index (χ4v) is 2.83. The second-order valence-electron chi connectivity index (χ2n) is 4.87. The molecule has 2 rings (SSSR count). The lowest BCUT2D eigenvalue weighted by Crippen LogP contribution is -2.32. The Hall–Kier alpha value is -1.35. The van der Waals surface area contributed by atoms with Crippen LogP contribution in [0, 0.1) is 0 Å². The number of rotatable bonds is 4. The van der Waals surface area contributed by atoms with E-state index in [0.29, 0.717) is 12.2 Å². The molecule has 0 bridgehead atoms. The molecule has 0 amide bonds. The van der Waals surface area contributed by atoms with Gasteiger partial charge in [-0.3, -0.25) is 0 Å². The maximum absolute atomic E-state index is 10.9. The first kappa shape index (κ1) is 13.1. The van der Waals surface area contributed by atoms with Gasteiger partial charge in [-0.2, -0.15) is 0 Å². The first-order chi connectivity index (χ1) is 8.68. The van der Waals surface area contributed by atoms with Gasteiger partial charge in [0.05, 0.1) is 11.2 Å². The molecule has 1 aliphatic carbocycles. The summed E-state index contributed by atoms with van der Waals surface area (Å²) in [4.78, 5) is 10.9. The van der Waals surface area contributed by atoms with E-state index in [1.807, 2.05) is 19.1 Å². The molecule has 0 heterocycles. The molecule has 0 spiro atoms. The molecule has 1 saturated carbocycles. The monoisotopic (exact) mass is 248 g/mol. The SMILES string of the molecule is CCOC1(c2ccc(C(=O)O)cc2)CCCCC1. The van der Waals surface area contributed by atoms with Gasteiger partial charge in [0.2, 0.25) is 0 Å². The van der Waals surface area contributed by atoms with Gasteiger partial charge in [-0.05, 0) is 37.5 Å². The Bertz CT molecular complexity index is 397. The molecule has 1 aromatic rings. The van der Waals surface area contributed by atoms with Gasteiger partial charge >= 0.3 is 5.97 Å². The van der Waals surface area contributed by atoms with Crippen molar-refractivity contribution in [3.63, 3.8) is 0 Å². The maximum Gasteiger partial charge on any atom is 0.335 e. The molecule has 1 N–H and O–H groups in total. The number of hydrogen-bond acceptors (Lipinski definition) is 2. The standard InChI is InChI=1S/C15H20O3/c1-2-18-15(10-4-3-5-11-15)13-8-6-12(7-9-13)14(16)17/h6-9H,2-5,10-11H2,1H3,(H,16,17). The van der Waals surface area contributed by atoms with Crippen LogP contribution in [0.4, 0.5) is 0 Å². The molecule has 1 aromatic carbocycles. The average molecular weight is 248 g/mol. The van der Waals surface area contributed by atoms with E-state index in [4.69, 9.17) is 9.84 Å². The summed E-state index contributed by atoms with van der Waals surface area (Å²) in [6.07, 6.45) is 5.70. The molecule has 0 aromatic heterocycles. The molecule has 0 atom stereocenters. The van der Waals surface area contributed by atoms with E-state index in [2.05, 4.69) is 0 Å². The van der Waals surface area contributed by atoms with Crippen LogP contribution in [-0.2, 0) is 10.3 Å². The summed E-state index contributed by atoms with van der Waals surface area (Å²) in [6.45, 7) is 2.71. The molecule has 98 valence electrons. The number of aromatic carboxylic acids is 1. The predicted molar refractivity (Wildman–Crippen MR) is 69.8 cm³/mol. The van der Waals surface area contributed by atoms with Crippen molar-refractivity contribution < 1.29 is 14.6 Å². The Kier molecular flexibility index (Phi) is 4.02. The molecular formula is C15H20O3. The Morgan fingerprint density at radius 1 is 1.22 bits per heavy atom. The van der Waals surface area contributed by atoms with Crippen LogP contribution in [-0.4, -0.2) is 17.7 Å². The van der Waals surface area contributed by atoms with Gasteiger partial charge in [0.15, 0.2) is 0 Å². The van der Waals surface area contributed by atoms with Gasteiger partial charge in [-0.1, -0.05) is 31.4 Å². The van der Waals surface area contributed by atoms with Gasteiger partial charge in [0, 0.05) is 6.61 Å². The van der Waals surface area contributed by atoms with Crippen LogP contribution in [0.25, 0.3) is 0 Å². The van der Waals surface area contributed by atoms with Crippen molar-refractivity contribution in [3.05, 3.63) is 35.4 Å². The number of carboxylic acids is 1. The lowest BCUT2D eigenvalue weighted by Gasteiger charge is -2.37. The summed E-state index contributed by atoms with van der Waals surface area (Å²) >= 11 is 0. The van der Waals surface area contributed by atoms with Crippen molar-refractivity contribution in [1.82, 2.24) is 0 Å². The Labute approximate surface area is 108 Å². The first-order valence-electron chi connectivity index (χ1n) is 6.66. The van der Waals surface area contributed by atoms with E-state index in [0.717, 1.165) is 18.4 Å². The Balaban J connectivity index is 2.27. The van der Waals surface area contributed by atoms with Crippen LogP contribution in [0.5, 0.6) is 0 Å². The van der Waals surface area contributed by atoms with Gasteiger partial charge < -0.3 is 9.84 Å². The molecule has 3 nitrogen and oxygen atoms in total. The third-order valence-electron chi connectivity index (χ3n) is 3.74. The number of ether oxygens (including phenoxy) is 1. The summed E-state index contributed by atoms with van der Waals surface area (Å²) in [5, 5.41) is 8.92. The van der Waals surface area contributed by atoms with E-state index >= 15 is 0 Å². The summed E-state index contributed by atoms with van der Waals surface area (Å²) in [5.41, 5.74) is 1.26. The fourth-order valence-electron chi connectivity index (χ4n) is 2.83. The molecule has 3 heteroatoms. The third kappa shape index (κ3) is 2.56. The van der Waals surface area contributed by atoms with Crippen LogP contribution < -0.4 is 0 Å². The zero-order valence-corrected chi connectivity index (χ0v) is 10.8. The topological polar surface area (TPSA) is 46.5 Å². The molecule has 0 aliphatic heterocycles. The Morgan fingerprint density at radius 2 is 1.83 bits per heavy atom. The van der Waals surface area contributed by atoms with Crippen molar-refractivity contribution in [2.24, 2.45) is 0 Å². The average Bonchev–Trinajstić information content (AvgIpc) is 2.40. The normalized spacial score (nSPS) is 18.5. The minimum atomic E-state index is -0.879. The largest absolute Gasteiger partial charge is 0.478 e. The molecular weight excluding hydrogens is 228 g/mol. The van der Waals surface area contributed by atoms with Crippen molar-refractivity contribution in [1.29, 1.82) is 0 Å². The van der Waals surface area contributed by atoms with Crippen molar-refractivity contribution in [2.75, 3.05) is 6.61 Å². The van der Waals surface area contributed by atoms with Crippen LogP contribution in [0.15, 0.2) is 24.3 Å². The maximum atomic E-state index is 10.9. The number of carboxylic acid groups (broad SMARTS) is 1. The molecule has 1 aliphatic rings. The van der Waals surface area contributed by atoms with E-state index in [-0.39, 0.29) is 5.60 Å². The minimum absolute atomic E-state index is 0.190. The van der Waals surface area contributed by atoms with Crippen molar-refractivity contribution in [2.45, 2.75) is 44.6 Å². The lowest BCUT2D eigenvalue weighted by molar-refractivity contribution is -0.0703. The minimum Gasteiger partial charge on any atom is -0.478 e. The van der Waals surface area contributed by atoms with E-state index in [1.54, 1.807) is 12.1 Å². The lowest BCUT2D eigenvalue weighted by atomic mass is 9.79. The summed E-state index contributed by atoms with van der Waals surface area (Å²) in [6, 6.07) is 7.16. The highest BCUT2D eigenvalue weighted by atomic mass is 16.5. The zero-order valence-electron chi connectivity index (χ0n) is 10.8. The van der Waals surface area contributed by atoms with E-state index in [1.165, 1.54) is 19.3 Å². The predicted octanol–water partition coefficient (Wildman–Crippen LogP) is 3.58. The number of benzene rings is 1. The second kappa shape index (κ2) is 5.53. The molecule has 0 radical (unpaired) electrons. The molecule has 0 unspecified atom stereocenters. The van der Waals surface area contributed by atoms with E-state index in [9.17, 15) is 4.79 Å². The molecule has 18 heavy (non-hydrogen) atoms. The molecule has 1 fully saturated rings. The number of hydrogen-bond donors (Lipinski definition) is 1. The highest BCUT2D eigenvalue weighted by Crippen LogP contribution is 2.40. The molecule has 0 saturated heterocycles. The first-order valence-corrected chi connectivity index (χ1v) is 6.66. The van der Waals surface area contributed by atoms with Crippen LogP contribution >= 0.6 is 0 Å². The quantitative estimate of drug-likeness (QED) is 0.885. The van der Waals surface area contributed by atoms with Gasteiger partial charge in [0.25, 0.3) is 0 Å². The summed E-state index contributed by atoms with van der Waals surface area (Å²) in [7, 11) is 0. The highest BCUT2D eigenvalue weighted by Gasteiger charge is 2.34. The summed E-state index contributed by atoms with van der Waals surface area (Å²) < 4.78 is 6.01. The highest BCUT2D eigenvalue weighted by molar-refractivity contribution is 5.87. The van der Waals surface area contributed by atoms with Crippen molar-refractivity contribution >= 4 is 5.97 Å². The summed E-state index contributed by atoms with van der Waals surface area (Å²) in [5.74, 6) is -0.879. The van der Waals surface area contributed by atoms with Gasteiger partial charge in [-0.25, -0.2) is 4.79 Å². The van der Waals surface area contributed by atoms with Crippen molar-refractivity contribution in [3.8, 4) is 0 Å². The van der Waals surface area contributed by atoms with E-state index < -0.39 is 5.97 Å². The second-order valence-corrected chi connectivity index (χ2v) is 4.87. The van der Waals surface area contributed by atoms with Gasteiger partial charge in [-0.15, -0.1) is 0 Å². The fraction of sp³-hybridized carbons (Fsp3) is 0.533. The Morgan fingerprint density at radius 3 is 2.33 bits per heavy atom. The van der Waals surface area contributed by atoms with Crippen LogP contribution in [0.1, 0.15) is 54.9 Å². The van der Waals surface area contributed by atoms with Crippen LogP contribution in [0.3, 0.4) is 0 Å². The van der Waals surface area contributed by atoms with Crippen LogP contribution in [0.2, 0.25) is 0 Å². The van der Waals surface area contributed by atoms with Gasteiger partial charge in [0.1, 0.15) is 0 Å². The zero-order chi connectivity index (χ0) is 13.0.